The number of hydrogen-bond acceptors (Lipinski definition) is 8. The normalized spacial score (nSPS) is 40.0. The second-order valence-corrected chi connectivity index (χ2v) is 7.85. The van der Waals surface area contributed by atoms with Gasteiger partial charge in [-0.25, -0.2) is 9.82 Å². The van der Waals surface area contributed by atoms with E-state index in [0.717, 1.165) is 39.3 Å². The fourth-order valence-corrected chi connectivity index (χ4v) is 4.90. The molecule has 0 aromatic rings. The lowest BCUT2D eigenvalue weighted by Gasteiger charge is -2.40. The Kier molecular flexibility index (Phi) is 5.62. The standard InChI is InChI=1S/C17H31FN8O/c1-2-25-9-21-7-13(25)11-3-4-20-6-12(11)23-17(27)14-15(19)24-26-8-10(18)5-22-16(14)26/h8,11-16,20-22,24H,2-7,9,19H2,1H3,(H,23,27). The number of nitrogens with two attached hydrogens (primary N) is 1. The van der Waals surface area contributed by atoms with Gasteiger partial charge < -0.3 is 21.7 Å². The first kappa shape index (κ1) is 19.0. The molecule has 4 aliphatic rings. The second kappa shape index (κ2) is 7.98. The van der Waals surface area contributed by atoms with Gasteiger partial charge in [-0.2, -0.15) is 0 Å². The number of hydrazine groups is 1. The maximum absolute atomic E-state index is 13.5. The van der Waals surface area contributed by atoms with Crippen molar-refractivity contribution in [3.05, 3.63) is 12.0 Å². The number of amides is 1. The topological polar surface area (TPSA) is 110 Å². The van der Waals surface area contributed by atoms with E-state index >= 15 is 0 Å². The molecule has 0 aromatic carbocycles. The molecule has 10 heteroatoms. The fraction of sp³-hybridized carbons (Fsp3) is 0.824. The third-order valence-corrected chi connectivity index (χ3v) is 6.29. The minimum absolute atomic E-state index is 0.0577. The smallest absolute Gasteiger partial charge is 0.229 e. The quantitative estimate of drug-likeness (QED) is 0.325. The maximum atomic E-state index is 13.5. The predicted octanol–water partition coefficient (Wildman–Crippen LogP) is -2.21. The Morgan fingerprint density at radius 2 is 2.26 bits per heavy atom. The first-order chi connectivity index (χ1) is 13.1. The highest BCUT2D eigenvalue weighted by Gasteiger charge is 2.46. The van der Waals surface area contributed by atoms with Gasteiger partial charge in [-0.3, -0.25) is 20.0 Å². The first-order valence-electron chi connectivity index (χ1n) is 9.94. The van der Waals surface area contributed by atoms with E-state index in [9.17, 15) is 9.18 Å². The van der Waals surface area contributed by atoms with Crippen LogP contribution in [0.2, 0.25) is 0 Å². The lowest BCUT2D eigenvalue weighted by Crippen LogP contribution is -2.60. The highest BCUT2D eigenvalue weighted by molar-refractivity contribution is 5.81. The molecular formula is C17H31FN8O. The van der Waals surface area contributed by atoms with Crippen molar-refractivity contribution < 1.29 is 9.18 Å². The van der Waals surface area contributed by atoms with Gasteiger partial charge >= 0.3 is 0 Å². The van der Waals surface area contributed by atoms with Crippen molar-refractivity contribution in [1.29, 1.82) is 0 Å². The predicted molar refractivity (Wildman–Crippen MR) is 99.4 cm³/mol. The van der Waals surface area contributed by atoms with Crippen LogP contribution in [0.15, 0.2) is 12.0 Å². The van der Waals surface area contributed by atoms with Crippen molar-refractivity contribution >= 4 is 5.91 Å². The molecular weight excluding hydrogens is 351 g/mol. The van der Waals surface area contributed by atoms with Crippen LogP contribution in [0.25, 0.3) is 0 Å². The molecule has 0 saturated carbocycles. The van der Waals surface area contributed by atoms with Gasteiger partial charge in [-0.1, -0.05) is 6.92 Å². The lowest BCUT2D eigenvalue weighted by molar-refractivity contribution is -0.127. The van der Waals surface area contributed by atoms with Crippen LogP contribution in [-0.2, 0) is 4.79 Å². The zero-order valence-corrected chi connectivity index (χ0v) is 15.7. The number of carbonyl (C=O) groups excluding carboxylic acids is 1. The molecule has 6 unspecified atom stereocenters. The van der Waals surface area contributed by atoms with E-state index in [-0.39, 0.29) is 30.5 Å². The molecule has 3 saturated heterocycles. The Morgan fingerprint density at radius 3 is 3.07 bits per heavy atom. The minimum Gasteiger partial charge on any atom is -0.351 e. The van der Waals surface area contributed by atoms with Crippen molar-refractivity contribution in [2.45, 2.75) is 37.8 Å². The van der Waals surface area contributed by atoms with Crippen LogP contribution in [0.4, 0.5) is 4.39 Å². The lowest BCUT2D eigenvalue weighted by atomic mass is 9.85. The fourth-order valence-electron chi connectivity index (χ4n) is 4.90. The molecule has 3 fully saturated rings. The third-order valence-electron chi connectivity index (χ3n) is 6.29. The molecule has 152 valence electrons. The van der Waals surface area contributed by atoms with Gasteiger partial charge in [-0.05, 0) is 25.4 Å². The molecule has 7 N–H and O–H groups in total. The Hall–Kier alpha value is -1.30. The number of hydrogen-bond donors (Lipinski definition) is 6. The van der Waals surface area contributed by atoms with Crippen LogP contribution < -0.4 is 32.4 Å². The summed E-state index contributed by atoms with van der Waals surface area (Å²) >= 11 is 0. The number of halogens is 1. The summed E-state index contributed by atoms with van der Waals surface area (Å²) in [5, 5.41) is 14.7. The summed E-state index contributed by atoms with van der Waals surface area (Å²) in [7, 11) is 0. The molecule has 4 rings (SSSR count). The summed E-state index contributed by atoms with van der Waals surface area (Å²) in [6.07, 6.45) is 1.52. The molecule has 1 amide bonds. The van der Waals surface area contributed by atoms with Crippen LogP contribution in [0, 0.1) is 11.8 Å². The van der Waals surface area contributed by atoms with Gasteiger partial charge in [-0.15, -0.1) is 0 Å². The average molecular weight is 382 g/mol. The van der Waals surface area contributed by atoms with Crippen molar-refractivity contribution in [2.75, 3.05) is 39.4 Å². The number of fused-ring (bicyclic) bond motifs is 1. The summed E-state index contributed by atoms with van der Waals surface area (Å²) in [4.78, 5) is 15.5. The zero-order valence-electron chi connectivity index (χ0n) is 15.7. The monoisotopic (exact) mass is 382 g/mol. The summed E-state index contributed by atoms with van der Waals surface area (Å²) in [6, 6.07) is 0.487. The number of rotatable bonds is 4. The van der Waals surface area contributed by atoms with E-state index in [1.807, 2.05) is 0 Å². The van der Waals surface area contributed by atoms with E-state index in [1.54, 1.807) is 5.01 Å². The molecule has 0 spiro atoms. The number of nitrogens with zero attached hydrogens (tertiary/aromatic N) is 2. The van der Waals surface area contributed by atoms with E-state index in [4.69, 9.17) is 5.73 Å². The maximum Gasteiger partial charge on any atom is 0.229 e. The Morgan fingerprint density at radius 1 is 1.41 bits per heavy atom. The van der Waals surface area contributed by atoms with Gasteiger partial charge in [0.15, 0.2) is 0 Å². The largest absolute Gasteiger partial charge is 0.351 e. The van der Waals surface area contributed by atoms with Crippen molar-refractivity contribution in [3.8, 4) is 0 Å². The van der Waals surface area contributed by atoms with Crippen LogP contribution >= 0.6 is 0 Å². The van der Waals surface area contributed by atoms with E-state index in [1.165, 1.54) is 6.20 Å². The Labute approximate surface area is 159 Å². The first-order valence-corrected chi connectivity index (χ1v) is 9.94. The van der Waals surface area contributed by atoms with Crippen LogP contribution in [-0.4, -0.2) is 79.6 Å². The molecule has 0 aromatic heterocycles. The van der Waals surface area contributed by atoms with Gasteiger partial charge in [0.2, 0.25) is 5.91 Å². The molecule has 6 atom stereocenters. The van der Waals surface area contributed by atoms with E-state index < -0.39 is 12.1 Å². The number of likely N-dealkylation sites (N-methyl/N-ethyl adjacent to an activating group) is 1. The van der Waals surface area contributed by atoms with Gasteiger partial charge in [0.1, 0.15) is 17.9 Å². The molecule has 0 radical (unpaired) electrons. The van der Waals surface area contributed by atoms with Gasteiger partial charge in [0.05, 0.1) is 18.9 Å². The number of piperidine rings is 1. The number of nitrogens with one attached hydrogen (secondary N) is 5. The van der Waals surface area contributed by atoms with Crippen molar-refractivity contribution in [3.63, 3.8) is 0 Å². The highest BCUT2D eigenvalue weighted by atomic mass is 19.1. The average Bonchev–Trinajstić information content (AvgIpc) is 3.24. The number of carbonyl (C=O) groups is 1. The molecule has 9 nitrogen and oxygen atoms in total. The molecule has 0 aliphatic carbocycles. The summed E-state index contributed by atoms with van der Waals surface area (Å²) < 4.78 is 13.5. The Balaban J connectivity index is 1.44. The zero-order chi connectivity index (χ0) is 19.0. The summed E-state index contributed by atoms with van der Waals surface area (Å²) in [5.74, 6) is -0.459. The summed E-state index contributed by atoms with van der Waals surface area (Å²) in [6.45, 7) is 6.88. The molecule has 0 bridgehead atoms. The van der Waals surface area contributed by atoms with Gasteiger partial charge in [0.25, 0.3) is 0 Å². The van der Waals surface area contributed by atoms with Gasteiger partial charge in [0, 0.05) is 31.8 Å². The molecule has 4 aliphatic heterocycles. The van der Waals surface area contributed by atoms with Crippen LogP contribution in [0.1, 0.15) is 13.3 Å². The molecule has 27 heavy (non-hydrogen) atoms. The third kappa shape index (κ3) is 3.69. The van der Waals surface area contributed by atoms with Crippen LogP contribution in [0.3, 0.4) is 0 Å². The van der Waals surface area contributed by atoms with E-state index in [0.29, 0.717) is 12.0 Å². The minimum atomic E-state index is -0.556. The Bertz CT molecular complexity index is 589. The SMILES string of the molecule is CCN1CNCC1C1CCNCC1NC(=O)C1C(N)NN2C=C(F)CNC12. The van der Waals surface area contributed by atoms with Crippen LogP contribution in [0.5, 0.6) is 0 Å². The van der Waals surface area contributed by atoms with Crippen molar-refractivity contribution in [2.24, 2.45) is 17.6 Å². The van der Waals surface area contributed by atoms with Crippen molar-refractivity contribution in [1.82, 2.24) is 36.6 Å². The second-order valence-electron chi connectivity index (χ2n) is 7.85. The molecule has 4 heterocycles. The summed E-state index contributed by atoms with van der Waals surface area (Å²) in [5.41, 5.74) is 9.13. The van der Waals surface area contributed by atoms with E-state index in [2.05, 4.69) is 38.5 Å². The highest BCUT2D eigenvalue weighted by Crippen LogP contribution is 2.26.